The van der Waals surface area contributed by atoms with Gasteiger partial charge in [0.2, 0.25) is 0 Å². The standard InChI is InChI=1S/C55H33N3O2/c1-3-13-37(14-4-1)53-56-54(38-15-5-2-6-16-38)58-55(57-53)39-31-27-35(28-32-39)34-25-29-36(30-26-34)40-20-12-24-49-50(40)47-33-46(41-17-7-8-19-43(41)52(47)60-49)45-22-11-21-44-42-18-9-10-23-48(42)59-51(44)45/h1-33H. The number of furan rings is 2. The van der Waals surface area contributed by atoms with Gasteiger partial charge in [0.25, 0.3) is 0 Å². The Morgan fingerprint density at radius 1 is 0.267 bits per heavy atom. The number of hydrogen-bond donors (Lipinski definition) is 0. The van der Waals surface area contributed by atoms with E-state index in [2.05, 4.69) is 127 Å². The third-order valence-electron chi connectivity index (χ3n) is 11.6. The van der Waals surface area contributed by atoms with Crippen LogP contribution < -0.4 is 0 Å². The molecule has 12 rings (SSSR count). The fourth-order valence-corrected chi connectivity index (χ4v) is 8.66. The van der Waals surface area contributed by atoms with Crippen LogP contribution in [-0.4, -0.2) is 15.0 Å². The van der Waals surface area contributed by atoms with Crippen LogP contribution in [0.25, 0.3) is 122 Å². The van der Waals surface area contributed by atoms with Gasteiger partial charge in [0, 0.05) is 49.2 Å². The van der Waals surface area contributed by atoms with E-state index in [1.807, 2.05) is 72.8 Å². The Bertz CT molecular complexity index is 3510. The maximum absolute atomic E-state index is 6.72. The highest BCUT2D eigenvalue weighted by Gasteiger charge is 2.20. The Morgan fingerprint density at radius 3 is 1.38 bits per heavy atom. The van der Waals surface area contributed by atoms with Gasteiger partial charge in [-0.1, -0.05) is 182 Å². The monoisotopic (exact) mass is 767 g/mol. The van der Waals surface area contributed by atoms with Crippen molar-refractivity contribution in [1.82, 2.24) is 15.0 Å². The zero-order valence-corrected chi connectivity index (χ0v) is 32.2. The Kier molecular flexibility index (Phi) is 7.78. The second kappa shape index (κ2) is 13.8. The minimum absolute atomic E-state index is 0.634. The average molecular weight is 768 g/mol. The predicted molar refractivity (Wildman–Crippen MR) is 245 cm³/mol. The van der Waals surface area contributed by atoms with E-state index in [0.29, 0.717) is 17.5 Å². The second-order valence-electron chi connectivity index (χ2n) is 15.1. The molecular formula is C55H33N3O2. The first-order chi connectivity index (χ1) is 29.7. The van der Waals surface area contributed by atoms with Crippen LogP contribution in [0.4, 0.5) is 0 Å². The van der Waals surface area contributed by atoms with Crippen molar-refractivity contribution in [2.24, 2.45) is 0 Å². The zero-order valence-electron chi connectivity index (χ0n) is 32.2. The van der Waals surface area contributed by atoms with Gasteiger partial charge in [-0.15, -0.1) is 0 Å². The average Bonchev–Trinajstić information content (AvgIpc) is 3.91. The number of nitrogens with zero attached hydrogens (tertiary/aromatic N) is 3. The van der Waals surface area contributed by atoms with Crippen molar-refractivity contribution in [2.75, 3.05) is 0 Å². The van der Waals surface area contributed by atoms with E-state index in [9.17, 15) is 0 Å². The van der Waals surface area contributed by atoms with Gasteiger partial charge < -0.3 is 8.83 Å². The van der Waals surface area contributed by atoms with Crippen LogP contribution in [0.15, 0.2) is 209 Å². The van der Waals surface area contributed by atoms with Crippen molar-refractivity contribution in [1.29, 1.82) is 0 Å². The van der Waals surface area contributed by atoms with E-state index in [-0.39, 0.29) is 0 Å². The fourth-order valence-electron chi connectivity index (χ4n) is 8.66. The van der Waals surface area contributed by atoms with Crippen LogP contribution in [0.2, 0.25) is 0 Å². The van der Waals surface area contributed by atoms with Crippen LogP contribution in [0, 0.1) is 0 Å². The molecular weight excluding hydrogens is 735 g/mol. The molecule has 5 nitrogen and oxygen atoms in total. The summed E-state index contributed by atoms with van der Waals surface area (Å²) in [5, 5.41) is 6.59. The minimum Gasteiger partial charge on any atom is -0.455 e. The molecule has 9 aromatic carbocycles. The maximum atomic E-state index is 6.72. The summed E-state index contributed by atoms with van der Waals surface area (Å²) in [6.45, 7) is 0. The van der Waals surface area contributed by atoms with Crippen LogP contribution >= 0.6 is 0 Å². The predicted octanol–water partition coefficient (Wildman–Crippen LogP) is 14.8. The largest absolute Gasteiger partial charge is 0.455 e. The quantitative estimate of drug-likeness (QED) is 0.169. The van der Waals surface area contributed by atoms with Crippen molar-refractivity contribution in [3.05, 3.63) is 200 Å². The number of benzene rings is 9. The lowest BCUT2D eigenvalue weighted by molar-refractivity contribution is 0.670. The van der Waals surface area contributed by atoms with E-state index in [1.165, 1.54) is 0 Å². The molecule has 280 valence electrons. The SMILES string of the molecule is c1ccc(-c2nc(-c3ccccc3)nc(-c3ccc(-c4ccc(-c5cccc6oc7c8ccccc8c(-c8cccc9c8oc8ccccc89)cc7c56)cc4)cc3)n2)cc1. The lowest BCUT2D eigenvalue weighted by Crippen LogP contribution is -2.00. The summed E-state index contributed by atoms with van der Waals surface area (Å²) >= 11 is 0. The molecule has 0 N–H and O–H groups in total. The first kappa shape index (κ1) is 33.9. The summed E-state index contributed by atoms with van der Waals surface area (Å²) in [5.74, 6) is 1.93. The van der Waals surface area contributed by atoms with Gasteiger partial charge in [-0.3, -0.25) is 0 Å². The molecule has 0 radical (unpaired) electrons. The fraction of sp³-hybridized carbons (Fsp3) is 0. The number of hydrogen-bond acceptors (Lipinski definition) is 5. The highest BCUT2D eigenvalue weighted by molar-refractivity contribution is 6.23. The Labute approximate surface area is 344 Å². The second-order valence-corrected chi connectivity index (χ2v) is 15.1. The van der Waals surface area contributed by atoms with E-state index >= 15 is 0 Å². The number of aromatic nitrogens is 3. The van der Waals surface area contributed by atoms with E-state index in [4.69, 9.17) is 23.8 Å². The van der Waals surface area contributed by atoms with Crippen LogP contribution in [0.5, 0.6) is 0 Å². The molecule has 0 spiro atoms. The van der Waals surface area contributed by atoms with Crippen molar-refractivity contribution < 1.29 is 8.83 Å². The van der Waals surface area contributed by atoms with Crippen LogP contribution in [-0.2, 0) is 0 Å². The minimum atomic E-state index is 0.634. The normalized spacial score (nSPS) is 11.7. The lowest BCUT2D eigenvalue weighted by Gasteiger charge is -2.10. The van der Waals surface area contributed by atoms with Crippen molar-refractivity contribution in [2.45, 2.75) is 0 Å². The molecule has 0 amide bonds. The van der Waals surface area contributed by atoms with E-state index < -0.39 is 0 Å². The summed E-state index contributed by atoms with van der Waals surface area (Å²) in [7, 11) is 0. The third kappa shape index (κ3) is 5.59. The molecule has 3 heterocycles. The van der Waals surface area contributed by atoms with Crippen LogP contribution in [0.3, 0.4) is 0 Å². The van der Waals surface area contributed by atoms with Gasteiger partial charge in [-0.05, 0) is 51.4 Å². The topological polar surface area (TPSA) is 65.0 Å². The van der Waals surface area contributed by atoms with Crippen molar-refractivity contribution in [3.63, 3.8) is 0 Å². The molecule has 0 unspecified atom stereocenters. The molecule has 60 heavy (non-hydrogen) atoms. The van der Waals surface area contributed by atoms with Gasteiger partial charge >= 0.3 is 0 Å². The summed E-state index contributed by atoms with van der Waals surface area (Å²) in [6, 6.07) is 69.2. The molecule has 0 saturated heterocycles. The van der Waals surface area contributed by atoms with Gasteiger partial charge in [-0.25, -0.2) is 15.0 Å². The molecule has 5 heteroatoms. The molecule has 0 aliphatic rings. The summed E-state index contributed by atoms with van der Waals surface area (Å²) in [4.78, 5) is 14.7. The third-order valence-corrected chi connectivity index (χ3v) is 11.6. The lowest BCUT2D eigenvalue weighted by atomic mass is 9.92. The molecule has 0 saturated carbocycles. The molecule has 0 fully saturated rings. The van der Waals surface area contributed by atoms with E-state index in [1.54, 1.807) is 0 Å². The Morgan fingerprint density at radius 2 is 0.717 bits per heavy atom. The molecule has 12 aromatic rings. The first-order valence-corrected chi connectivity index (χ1v) is 20.1. The molecule has 0 atom stereocenters. The highest BCUT2D eigenvalue weighted by atomic mass is 16.3. The van der Waals surface area contributed by atoms with Gasteiger partial charge in [-0.2, -0.15) is 0 Å². The van der Waals surface area contributed by atoms with Gasteiger partial charge in [0.05, 0.1) is 0 Å². The highest BCUT2D eigenvalue weighted by Crippen LogP contribution is 2.45. The maximum Gasteiger partial charge on any atom is 0.164 e. The molecule has 0 aliphatic heterocycles. The number of para-hydroxylation sites is 2. The van der Waals surface area contributed by atoms with E-state index in [0.717, 1.165) is 105 Å². The molecule has 0 bridgehead atoms. The van der Waals surface area contributed by atoms with Crippen LogP contribution in [0.1, 0.15) is 0 Å². The summed E-state index contributed by atoms with van der Waals surface area (Å²) < 4.78 is 13.3. The first-order valence-electron chi connectivity index (χ1n) is 20.1. The summed E-state index contributed by atoms with van der Waals surface area (Å²) in [5.41, 5.74) is 13.0. The Hall–Kier alpha value is -8.15. The smallest absolute Gasteiger partial charge is 0.164 e. The summed E-state index contributed by atoms with van der Waals surface area (Å²) in [6.07, 6.45) is 0. The zero-order chi connectivity index (χ0) is 39.6. The number of fused-ring (bicyclic) bond motifs is 8. The van der Waals surface area contributed by atoms with Crippen molar-refractivity contribution >= 4 is 54.6 Å². The molecule has 0 aliphatic carbocycles. The number of rotatable bonds is 6. The molecule has 3 aromatic heterocycles. The van der Waals surface area contributed by atoms with Crippen molar-refractivity contribution in [3.8, 4) is 67.5 Å². The van der Waals surface area contributed by atoms with Gasteiger partial charge in [0.15, 0.2) is 17.5 Å². The van der Waals surface area contributed by atoms with Gasteiger partial charge in [0.1, 0.15) is 22.3 Å². The Balaban J connectivity index is 0.930.